The zero-order chi connectivity index (χ0) is 33.7. The molecular weight excluding hydrogens is 624 g/mol. The molecule has 256 valence electrons. The van der Waals surface area contributed by atoms with Gasteiger partial charge in [-0.2, -0.15) is 0 Å². The van der Waals surface area contributed by atoms with Gasteiger partial charge in [-0.05, 0) is 42.9 Å². The van der Waals surface area contributed by atoms with E-state index in [2.05, 4.69) is 22.5 Å². The van der Waals surface area contributed by atoms with Crippen LogP contribution in [0.5, 0.6) is 0 Å². The lowest BCUT2D eigenvalue weighted by molar-refractivity contribution is -0.150. The molecule has 0 aliphatic carbocycles. The van der Waals surface area contributed by atoms with Gasteiger partial charge in [0.2, 0.25) is 11.8 Å². The Bertz CT molecular complexity index is 1500. The van der Waals surface area contributed by atoms with E-state index in [0.29, 0.717) is 12.0 Å². The van der Waals surface area contributed by atoms with Gasteiger partial charge in [-0.15, -0.1) is 12.4 Å². The molecule has 13 heteroatoms. The molecule has 3 aromatic rings. The van der Waals surface area contributed by atoms with Crippen LogP contribution in [0.25, 0.3) is 10.9 Å². The highest BCUT2D eigenvalue weighted by Gasteiger charge is 2.49. The topological polar surface area (TPSA) is 223 Å². The molecule has 1 aromatic heterocycles. The number of Topliss-reactive ketones (excluding diaryl/α,β-unsaturated/α-hetero) is 1. The fourth-order valence-electron chi connectivity index (χ4n) is 5.53. The SMILES string of the molecule is CCCCCC(N)CCCC(=O)[C@@](CC(=O)O)(NC(=O)[C@@H](N)Cc1c[nH]c2ccccc12)C(=O)N[C@@H](Cc1ccccc1)C(N)=O.Cl. The number of carbonyl (C=O) groups excluding carboxylic acids is 4. The van der Waals surface area contributed by atoms with Gasteiger partial charge in [0.25, 0.3) is 5.91 Å². The number of carboxylic acid groups (broad SMARTS) is 1. The van der Waals surface area contributed by atoms with E-state index in [1.807, 2.05) is 24.3 Å². The van der Waals surface area contributed by atoms with Crippen molar-refractivity contribution in [1.82, 2.24) is 15.6 Å². The minimum atomic E-state index is -2.56. The van der Waals surface area contributed by atoms with E-state index in [0.717, 1.165) is 42.1 Å². The molecule has 0 bridgehead atoms. The molecular formula is C34H47ClN6O6. The van der Waals surface area contributed by atoms with Crippen LogP contribution in [-0.2, 0) is 36.8 Å². The minimum Gasteiger partial charge on any atom is -0.481 e. The summed E-state index contributed by atoms with van der Waals surface area (Å²) in [5.41, 5.74) is 17.8. The third kappa shape index (κ3) is 11.2. The molecule has 47 heavy (non-hydrogen) atoms. The van der Waals surface area contributed by atoms with Crippen LogP contribution in [0.2, 0.25) is 0 Å². The fraction of sp³-hybridized carbons (Fsp3) is 0.441. The maximum absolute atomic E-state index is 14.0. The average molecular weight is 671 g/mol. The van der Waals surface area contributed by atoms with Gasteiger partial charge in [-0.3, -0.25) is 24.0 Å². The second kappa shape index (κ2) is 18.8. The Labute approximate surface area is 281 Å². The van der Waals surface area contributed by atoms with Crippen molar-refractivity contribution in [3.8, 4) is 0 Å². The standard InChI is InChI=1S/C34H46N6O6.ClH/c1-2-3-5-13-24(35)14-10-17-29(41)34(20-30(42)43,33(46)39-28(31(37)44)18-22-11-6-4-7-12-22)40-32(45)26(36)19-23-21-38-27-16-9-8-15-25(23)27;/h4,6-9,11-12,15-16,21,24,26,28,38H,2-3,5,10,13-14,17-20,35-36H2,1H3,(H2,37,44)(H,39,46)(H,40,45)(H,42,43);1H/t24?,26-,28-,34+;/m0./s1. The van der Waals surface area contributed by atoms with E-state index in [1.165, 1.54) is 0 Å². The van der Waals surface area contributed by atoms with Crippen LogP contribution in [0, 0.1) is 0 Å². The largest absolute Gasteiger partial charge is 0.481 e. The highest BCUT2D eigenvalue weighted by Crippen LogP contribution is 2.22. The van der Waals surface area contributed by atoms with Gasteiger partial charge in [0.05, 0.1) is 12.5 Å². The number of ketones is 1. The van der Waals surface area contributed by atoms with E-state index < -0.39 is 53.5 Å². The van der Waals surface area contributed by atoms with Crippen LogP contribution in [0.15, 0.2) is 60.8 Å². The number of unbranched alkanes of at least 4 members (excludes halogenated alkanes) is 2. The first-order valence-corrected chi connectivity index (χ1v) is 15.7. The highest BCUT2D eigenvalue weighted by molar-refractivity contribution is 6.15. The maximum Gasteiger partial charge on any atom is 0.306 e. The minimum absolute atomic E-state index is 0. The number of nitrogens with two attached hydrogens (primary N) is 3. The lowest BCUT2D eigenvalue weighted by Crippen LogP contribution is -2.68. The number of aromatic nitrogens is 1. The van der Waals surface area contributed by atoms with Gasteiger partial charge >= 0.3 is 5.97 Å². The number of nitrogens with one attached hydrogen (secondary N) is 3. The van der Waals surface area contributed by atoms with Crippen molar-refractivity contribution in [2.45, 2.75) is 94.8 Å². The third-order valence-corrected chi connectivity index (χ3v) is 8.16. The van der Waals surface area contributed by atoms with E-state index in [4.69, 9.17) is 17.2 Å². The zero-order valence-corrected chi connectivity index (χ0v) is 27.5. The van der Waals surface area contributed by atoms with Gasteiger partial charge in [-0.25, -0.2) is 0 Å². The predicted molar refractivity (Wildman–Crippen MR) is 183 cm³/mol. The molecule has 0 aliphatic rings. The number of para-hydroxylation sites is 1. The monoisotopic (exact) mass is 670 g/mol. The van der Waals surface area contributed by atoms with E-state index >= 15 is 0 Å². The fourth-order valence-corrected chi connectivity index (χ4v) is 5.53. The van der Waals surface area contributed by atoms with Crippen molar-refractivity contribution < 1.29 is 29.1 Å². The molecule has 12 nitrogen and oxygen atoms in total. The molecule has 10 N–H and O–H groups in total. The number of aliphatic carboxylic acids is 1. The summed E-state index contributed by atoms with van der Waals surface area (Å²) in [6.45, 7) is 2.08. The molecule has 0 radical (unpaired) electrons. The van der Waals surface area contributed by atoms with Crippen molar-refractivity contribution >= 4 is 52.8 Å². The highest BCUT2D eigenvalue weighted by atomic mass is 35.5. The third-order valence-electron chi connectivity index (χ3n) is 8.16. The number of fused-ring (bicyclic) bond motifs is 1. The van der Waals surface area contributed by atoms with E-state index in [-0.39, 0.29) is 44.1 Å². The Kier molecular flexibility index (Phi) is 15.5. The summed E-state index contributed by atoms with van der Waals surface area (Å²) in [7, 11) is 0. The van der Waals surface area contributed by atoms with Gasteiger partial charge in [0.15, 0.2) is 11.3 Å². The summed E-state index contributed by atoms with van der Waals surface area (Å²) in [6, 6.07) is 13.4. The first kappa shape index (κ1) is 38.9. The second-order valence-corrected chi connectivity index (χ2v) is 11.8. The number of H-pyrrole nitrogens is 1. The number of halogens is 1. The normalized spacial score (nSPS) is 14.2. The summed E-state index contributed by atoms with van der Waals surface area (Å²) in [6.07, 6.45) is 4.94. The summed E-state index contributed by atoms with van der Waals surface area (Å²) >= 11 is 0. The van der Waals surface area contributed by atoms with Crippen molar-refractivity contribution in [3.63, 3.8) is 0 Å². The zero-order valence-electron chi connectivity index (χ0n) is 26.7. The number of amides is 3. The molecule has 1 heterocycles. The Hall–Kier alpha value is -4.26. The molecule has 3 amide bonds. The molecule has 3 rings (SSSR count). The lowest BCUT2D eigenvalue weighted by Gasteiger charge is -2.33. The summed E-state index contributed by atoms with van der Waals surface area (Å²) in [4.78, 5) is 69.2. The molecule has 0 saturated heterocycles. The Morgan fingerprint density at radius 1 is 0.915 bits per heavy atom. The molecule has 4 atom stereocenters. The number of carboxylic acids is 1. The van der Waals surface area contributed by atoms with Gasteiger partial charge in [0, 0.05) is 36.0 Å². The first-order valence-electron chi connectivity index (χ1n) is 15.7. The first-order chi connectivity index (χ1) is 22.0. The molecule has 0 spiro atoms. The number of aromatic amines is 1. The summed E-state index contributed by atoms with van der Waals surface area (Å²) in [5, 5.41) is 15.6. The number of primary amides is 1. The van der Waals surface area contributed by atoms with Crippen molar-refractivity contribution in [3.05, 3.63) is 71.9 Å². The van der Waals surface area contributed by atoms with Crippen LogP contribution >= 0.6 is 12.4 Å². The molecule has 0 fully saturated rings. The van der Waals surface area contributed by atoms with Crippen molar-refractivity contribution in [1.29, 1.82) is 0 Å². The molecule has 0 saturated carbocycles. The number of hydrogen-bond donors (Lipinski definition) is 7. The molecule has 2 aromatic carbocycles. The van der Waals surface area contributed by atoms with Crippen molar-refractivity contribution in [2.75, 3.05) is 0 Å². The summed E-state index contributed by atoms with van der Waals surface area (Å²) < 4.78 is 0. The Morgan fingerprint density at radius 2 is 1.57 bits per heavy atom. The van der Waals surface area contributed by atoms with Crippen LogP contribution < -0.4 is 27.8 Å². The van der Waals surface area contributed by atoms with Crippen LogP contribution in [0.4, 0.5) is 0 Å². The van der Waals surface area contributed by atoms with Gasteiger partial charge in [-0.1, -0.05) is 74.7 Å². The predicted octanol–water partition coefficient (Wildman–Crippen LogP) is 2.65. The summed E-state index contributed by atoms with van der Waals surface area (Å²) in [5.74, 6) is -5.29. The van der Waals surface area contributed by atoms with Crippen LogP contribution in [0.3, 0.4) is 0 Å². The Morgan fingerprint density at radius 3 is 2.23 bits per heavy atom. The molecule has 0 aliphatic heterocycles. The number of rotatable bonds is 20. The molecule has 1 unspecified atom stereocenters. The second-order valence-electron chi connectivity index (χ2n) is 11.8. The lowest BCUT2D eigenvalue weighted by atomic mass is 9.84. The number of carbonyl (C=O) groups is 5. The van der Waals surface area contributed by atoms with Crippen LogP contribution in [-0.4, -0.2) is 63.2 Å². The Balaban J connectivity index is 0.00000768. The quantitative estimate of drug-likeness (QED) is 0.0697. The van der Waals surface area contributed by atoms with E-state index in [1.54, 1.807) is 36.5 Å². The average Bonchev–Trinajstić information content (AvgIpc) is 3.43. The number of benzene rings is 2. The van der Waals surface area contributed by atoms with Gasteiger partial charge in [0.1, 0.15) is 6.04 Å². The maximum atomic E-state index is 14.0. The van der Waals surface area contributed by atoms with Crippen LogP contribution in [0.1, 0.15) is 69.4 Å². The van der Waals surface area contributed by atoms with Crippen molar-refractivity contribution in [2.24, 2.45) is 17.2 Å². The van der Waals surface area contributed by atoms with Gasteiger partial charge < -0.3 is 37.9 Å². The van der Waals surface area contributed by atoms with E-state index in [9.17, 15) is 29.1 Å². The number of hydrogen-bond acceptors (Lipinski definition) is 7. The smallest absolute Gasteiger partial charge is 0.306 e.